The van der Waals surface area contributed by atoms with Crippen molar-refractivity contribution in [2.24, 2.45) is 5.73 Å². The Morgan fingerprint density at radius 1 is 0.391 bits per heavy atom. The zero-order valence-electron chi connectivity index (χ0n) is 63.9. The number of Topliss-reactive ketones (excluding diaryl/α,β-unsaturated/α-hetero) is 1. The molecule has 13 rings (SSSR count). The molecule has 14 N–H and O–H groups in total. The number of alkyl carbamates (subject to hydrolysis) is 1. The van der Waals surface area contributed by atoms with E-state index in [1.165, 1.54) is 22.0 Å². The normalized spacial score (nSPS) is 11.9. The van der Waals surface area contributed by atoms with Crippen molar-refractivity contribution in [3.63, 3.8) is 0 Å². The molecule has 115 heavy (non-hydrogen) atoms. The van der Waals surface area contributed by atoms with Crippen LogP contribution in [-0.2, 0) is 14.3 Å². The molecule has 5 aromatic heterocycles. The van der Waals surface area contributed by atoms with Crippen molar-refractivity contribution in [3.05, 3.63) is 274 Å². The van der Waals surface area contributed by atoms with Crippen LogP contribution in [0.4, 0.5) is 4.79 Å². The van der Waals surface area contributed by atoms with Crippen molar-refractivity contribution < 1.29 is 33.5 Å². The van der Waals surface area contributed by atoms with Gasteiger partial charge in [-0.1, -0.05) is 161 Å². The molecule has 20 nitrogen and oxygen atoms in total. The molecule has 4 atom stereocenters. The molecule has 0 aliphatic rings. The molecular formula is C84H88Br5Cl6N13O7. The first-order valence-electron chi connectivity index (χ1n) is 36.1. The number of carbonyl (C=O) groups is 4. The molecule has 0 saturated carbocycles. The Morgan fingerprint density at radius 2 is 0.678 bits per heavy atom. The van der Waals surface area contributed by atoms with Gasteiger partial charge in [0, 0.05) is 194 Å². The maximum Gasteiger partial charge on any atom is 0.407 e. The Hall–Kier alpha value is -7.34. The minimum atomic E-state index is -0.469. The molecule has 13 aromatic rings. The highest BCUT2D eigenvalue weighted by atomic mass is 79.9. The monoisotopic (exact) mass is 2000 g/mol. The van der Waals surface area contributed by atoms with Crippen molar-refractivity contribution >= 4 is 234 Å². The number of fused-ring (bicyclic) bond motifs is 5. The Kier molecular flexibility index (Phi) is 39.0. The first-order chi connectivity index (χ1) is 54.7. The van der Waals surface area contributed by atoms with Crippen molar-refractivity contribution in [1.82, 2.24) is 62.1 Å². The Labute approximate surface area is 739 Å². The molecule has 0 radical (unpaired) electrons. The van der Waals surface area contributed by atoms with Crippen LogP contribution in [0.2, 0.25) is 30.1 Å². The van der Waals surface area contributed by atoms with E-state index in [2.05, 4.69) is 230 Å². The summed E-state index contributed by atoms with van der Waals surface area (Å²) < 4.78 is 10.5. The fraction of sp³-hybridized carbons (Fsp3) is 0.250. The van der Waals surface area contributed by atoms with E-state index in [0.717, 1.165) is 84.2 Å². The lowest BCUT2D eigenvalue weighted by atomic mass is 10.2. The largest absolute Gasteiger partial charge is 0.444 e. The number of aromatic amines is 5. The lowest BCUT2D eigenvalue weighted by Crippen LogP contribution is -2.36. The number of amides is 3. The predicted octanol–water partition coefficient (Wildman–Crippen LogP) is 22.8. The van der Waals surface area contributed by atoms with E-state index in [1.807, 2.05) is 93.6 Å². The van der Waals surface area contributed by atoms with Gasteiger partial charge in [0.05, 0.1) is 35.8 Å². The Bertz CT molecular complexity index is 5260. The standard InChI is InChI=1S/2C19H18BrCl2N3O.C17H24BrN3O2.C12H16BrN3.C10H8BrNO.C6H4Cl2.CO2/c2*1-11(18-10-13-8-14(20)3-5-17(13)25-18)23-6-7-24-19(26)12-2-4-15(21)16(22)9-12;1-11(19-7-8-20-16(22)23-17(2,3)4)15-10-12-9-13(18)5-6-14(12)21-15;1-8(15-5-4-14)12-7-9-6-10(13)2-3-11(9)16-12;1-6(13)10-5-7-4-8(11)2-3-9(7)12-10;7-5-3-1-2-4-6(5)8;2-1-3/h2*2-5,8-11,23,25H,6-7H2,1H3,(H,24,26);5-6,9-11,19,21H,7-8H2,1-4H3,(H,20,22);2-3,6-8,15-16H,4-5,14H2,1H3;2-5,12H,1H3;1-4H;. The van der Waals surface area contributed by atoms with E-state index in [4.69, 9.17) is 89.7 Å². The molecule has 8 aromatic carbocycles. The maximum absolute atomic E-state index is 12.1. The van der Waals surface area contributed by atoms with Gasteiger partial charge >= 0.3 is 12.2 Å². The number of hydrogen-bond donors (Lipinski definition) is 13. The van der Waals surface area contributed by atoms with Crippen LogP contribution >= 0.6 is 149 Å². The highest BCUT2D eigenvalue weighted by molar-refractivity contribution is 9.11. The number of nitrogens with two attached hydrogens (primary N) is 1. The molecule has 3 amide bonds. The van der Waals surface area contributed by atoms with Crippen LogP contribution in [-0.4, -0.2) is 113 Å². The maximum atomic E-state index is 12.1. The molecule has 0 aliphatic heterocycles. The van der Waals surface area contributed by atoms with Gasteiger partial charge in [-0.3, -0.25) is 14.4 Å². The third-order valence-corrected chi connectivity index (χ3v) is 21.7. The molecule has 0 aliphatic carbocycles. The summed E-state index contributed by atoms with van der Waals surface area (Å²) in [5.74, 6) is -0.283. The summed E-state index contributed by atoms with van der Waals surface area (Å²) in [6.07, 6.45) is -0.137. The average Bonchev–Trinajstić information content (AvgIpc) is 1.70. The van der Waals surface area contributed by atoms with E-state index in [0.29, 0.717) is 98.8 Å². The minimum absolute atomic E-state index is 0.0623. The zero-order valence-corrected chi connectivity index (χ0v) is 76.3. The van der Waals surface area contributed by atoms with E-state index >= 15 is 0 Å². The number of aromatic nitrogens is 5. The van der Waals surface area contributed by atoms with Crippen molar-refractivity contribution in [2.45, 2.75) is 85.2 Å². The SMILES string of the molecule is CC(=O)c1cc2cc(Br)ccc2[nH]1.CC(NCCN)c1cc2cc(Br)ccc2[nH]1.CC(NCCNC(=O)OC(C)(C)C)c1cc2cc(Br)ccc2[nH]1.CC(NCCNC(=O)c1ccc(Cl)c(Cl)c1)c1cc2cc(Br)ccc2[nH]1.CC(NCCNC(=O)c1ccc(Cl)c(Cl)c1)c1cc2cc(Br)ccc2[nH]1.Clc1ccccc1Cl.O=C=O. The highest BCUT2D eigenvalue weighted by Gasteiger charge is 2.18. The molecule has 0 bridgehead atoms. The van der Waals surface area contributed by atoms with Crippen LogP contribution in [0.3, 0.4) is 0 Å². The summed E-state index contributed by atoms with van der Waals surface area (Å²) in [6, 6.07) is 58.6. The molecular weight excluding hydrogens is 1920 g/mol. The van der Waals surface area contributed by atoms with Gasteiger partial charge in [-0.25, -0.2) is 4.79 Å². The summed E-state index contributed by atoms with van der Waals surface area (Å²) in [4.78, 5) is 79.8. The van der Waals surface area contributed by atoms with E-state index in [-0.39, 0.29) is 48.0 Å². The fourth-order valence-electron chi connectivity index (χ4n) is 11.1. The topological polar surface area (TPSA) is 301 Å². The summed E-state index contributed by atoms with van der Waals surface area (Å²) in [6.45, 7) is 20.5. The third kappa shape index (κ3) is 31.5. The average molecular weight is 2000 g/mol. The smallest absolute Gasteiger partial charge is 0.407 e. The lowest BCUT2D eigenvalue weighted by Gasteiger charge is -2.20. The number of rotatable bonds is 22. The zero-order chi connectivity index (χ0) is 84.1. The van der Waals surface area contributed by atoms with Gasteiger partial charge in [0.2, 0.25) is 0 Å². The Morgan fingerprint density at radius 3 is 0.965 bits per heavy atom. The van der Waals surface area contributed by atoms with Crippen LogP contribution in [0, 0.1) is 0 Å². The quantitative estimate of drug-likeness (QED) is 0.0223. The minimum Gasteiger partial charge on any atom is -0.444 e. The van der Waals surface area contributed by atoms with Crippen molar-refractivity contribution in [2.75, 3.05) is 52.4 Å². The second-order valence-corrected chi connectivity index (χ2v) is 34.0. The molecule has 31 heteroatoms. The predicted molar refractivity (Wildman–Crippen MR) is 488 cm³/mol. The van der Waals surface area contributed by atoms with Crippen molar-refractivity contribution in [3.8, 4) is 0 Å². The lowest BCUT2D eigenvalue weighted by molar-refractivity contribution is -0.191. The first-order valence-corrected chi connectivity index (χ1v) is 42.3. The number of halogens is 11. The fourth-order valence-corrected chi connectivity index (χ4v) is 13.8. The molecule has 0 fully saturated rings. The number of H-pyrrole nitrogens is 5. The van der Waals surface area contributed by atoms with E-state index in [1.54, 1.807) is 55.5 Å². The van der Waals surface area contributed by atoms with Gasteiger partial charge in [-0.05, 0) is 218 Å². The van der Waals surface area contributed by atoms with Gasteiger partial charge in [0.15, 0.2) is 5.78 Å². The highest BCUT2D eigenvalue weighted by Crippen LogP contribution is 2.30. The number of ether oxygens (including phenoxy) is 1. The van der Waals surface area contributed by atoms with Gasteiger partial charge < -0.3 is 72.6 Å². The third-order valence-electron chi connectivity index (χ3n) is 17.0. The van der Waals surface area contributed by atoms with Crippen LogP contribution < -0.4 is 43.0 Å². The summed E-state index contributed by atoms with van der Waals surface area (Å²) in [7, 11) is 0. The molecule has 5 heterocycles. The number of benzene rings is 8. The van der Waals surface area contributed by atoms with Gasteiger partial charge in [0.25, 0.3) is 11.8 Å². The van der Waals surface area contributed by atoms with Crippen LogP contribution in [0.5, 0.6) is 0 Å². The number of hydrogen-bond acceptors (Lipinski definition) is 12. The molecule has 4 unspecified atom stereocenters. The second kappa shape index (κ2) is 47.3. The van der Waals surface area contributed by atoms with E-state index in [9.17, 15) is 19.2 Å². The van der Waals surface area contributed by atoms with Gasteiger partial charge in [-0.15, -0.1) is 0 Å². The summed E-state index contributed by atoms with van der Waals surface area (Å²) in [5.41, 5.74) is 16.7. The molecule has 0 spiro atoms. The van der Waals surface area contributed by atoms with Gasteiger partial charge in [0.1, 0.15) is 5.60 Å². The molecule has 0 saturated heterocycles. The Balaban J connectivity index is 0.000000195. The van der Waals surface area contributed by atoms with Crippen LogP contribution in [0.1, 0.15) is 134 Å². The molecule has 608 valence electrons. The summed E-state index contributed by atoms with van der Waals surface area (Å²) >= 11 is 52.1. The van der Waals surface area contributed by atoms with Crippen molar-refractivity contribution in [1.29, 1.82) is 0 Å². The number of carbonyl (C=O) groups excluding carboxylic acids is 6. The number of ketones is 1. The first kappa shape index (κ1) is 94.8. The second-order valence-electron chi connectivity index (χ2n) is 27.0. The number of nitrogens with one attached hydrogen (secondary N) is 12. The van der Waals surface area contributed by atoms with Crippen LogP contribution in [0.15, 0.2) is 204 Å². The summed E-state index contributed by atoms with van der Waals surface area (Å²) in [5, 5.41) is 30.6. The van der Waals surface area contributed by atoms with E-state index < -0.39 is 5.60 Å². The van der Waals surface area contributed by atoms with Crippen LogP contribution in [0.25, 0.3) is 54.5 Å². The van der Waals surface area contributed by atoms with Gasteiger partial charge in [-0.2, -0.15) is 9.59 Å².